The number of unbranched alkanes of at least 4 members (excludes halogenated alkanes) is 11. The van der Waals surface area contributed by atoms with Gasteiger partial charge in [-0.2, -0.15) is 0 Å². The lowest BCUT2D eigenvalue weighted by molar-refractivity contribution is 0.471. The highest BCUT2D eigenvalue weighted by Gasteiger charge is 1.98. The molecule has 1 aromatic rings. The molecule has 0 aliphatic carbocycles. The average molecular weight is 317 g/mol. The summed E-state index contributed by atoms with van der Waals surface area (Å²) in [4.78, 5) is 0. The Morgan fingerprint density at radius 1 is 0.826 bits per heavy atom. The van der Waals surface area contributed by atoms with Gasteiger partial charge < -0.3 is 5.11 Å². The van der Waals surface area contributed by atoms with Crippen molar-refractivity contribution in [1.29, 1.82) is 0 Å². The molecule has 0 saturated carbocycles. The molecule has 1 nitrogen and oxygen atoms in total. The van der Waals surface area contributed by atoms with Crippen molar-refractivity contribution in [2.24, 2.45) is 0 Å². The predicted octanol–water partition coefficient (Wildman–Crippen LogP) is 7.41. The van der Waals surface area contributed by atoms with Gasteiger partial charge in [0.25, 0.3) is 0 Å². The molecule has 23 heavy (non-hydrogen) atoms. The zero-order valence-corrected chi connectivity index (χ0v) is 15.3. The Morgan fingerprint density at radius 3 is 2.00 bits per heavy atom. The molecule has 0 aliphatic rings. The van der Waals surface area contributed by atoms with Gasteiger partial charge in [0.1, 0.15) is 5.75 Å². The van der Waals surface area contributed by atoms with Gasteiger partial charge in [0.2, 0.25) is 0 Å². The Kier molecular flexibility index (Phi) is 11.4. The minimum atomic E-state index is 0.391. The van der Waals surface area contributed by atoms with Crippen LogP contribution in [0.4, 0.5) is 0 Å². The molecule has 1 heteroatoms. The van der Waals surface area contributed by atoms with E-state index in [4.69, 9.17) is 0 Å². The first-order valence-electron chi connectivity index (χ1n) is 9.70. The first-order chi connectivity index (χ1) is 11.3. The maximum Gasteiger partial charge on any atom is 0.119 e. The third-order valence-electron chi connectivity index (χ3n) is 4.62. The maximum absolute atomic E-state index is 9.67. The molecule has 0 unspecified atom stereocenters. The quantitative estimate of drug-likeness (QED) is 0.375. The largest absolute Gasteiger partial charge is 0.508 e. The highest BCUT2D eigenvalue weighted by Crippen LogP contribution is 2.21. The van der Waals surface area contributed by atoms with E-state index in [1.165, 1.54) is 70.6 Å². The number of phenolic OH excluding ortho intramolecular Hbond substituents is 1. The highest BCUT2D eigenvalue weighted by atomic mass is 16.3. The van der Waals surface area contributed by atoms with Gasteiger partial charge in [0.05, 0.1) is 0 Å². The molecule has 1 aromatic carbocycles. The third kappa shape index (κ3) is 9.48. The van der Waals surface area contributed by atoms with Gasteiger partial charge in [0, 0.05) is 0 Å². The Bertz CT molecular complexity index is 434. The molecule has 0 saturated heterocycles. The summed E-state index contributed by atoms with van der Waals surface area (Å²) >= 11 is 0. The topological polar surface area (TPSA) is 20.2 Å². The summed E-state index contributed by atoms with van der Waals surface area (Å²) < 4.78 is 0. The van der Waals surface area contributed by atoms with E-state index in [0.717, 1.165) is 17.5 Å². The van der Waals surface area contributed by atoms with Gasteiger partial charge in [-0.3, -0.25) is 0 Å². The van der Waals surface area contributed by atoms with E-state index in [0.29, 0.717) is 5.75 Å². The van der Waals surface area contributed by atoms with E-state index in [1.807, 2.05) is 13.0 Å². The molecule has 0 aromatic heterocycles. The summed E-state index contributed by atoms with van der Waals surface area (Å²) in [6, 6.07) is 5.72. The molecule has 1 rings (SSSR count). The molecule has 0 radical (unpaired) electrons. The van der Waals surface area contributed by atoms with Crippen LogP contribution in [-0.2, 0) is 0 Å². The molecule has 0 fully saturated rings. The van der Waals surface area contributed by atoms with Crippen LogP contribution in [-0.4, -0.2) is 5.11 Å². The molecule has 1 N–H and O–H groups in total. The number of rotatable bonds is 13. The van der Waals surface area contributed by atoms with E-state index in [2.05, 4.69) is 25.1 Å². The van der Waals surface area contributed by atoms with Crippen LogP contribution in [0.25, 0.3) is 6.08 Å². The Hall–Kier alpha value is -1.24. The molecule has 0 spiro atoms. The van der Waals surface area contributed by atoms with Crippen molar-refractivity contribution in [1.82, 2.24) is 0 Å². The molecular formula is C22H36O. The monoisotopic (exact) mass is 316 g/mol. The smallest absolute Gasteiger partial charge is 0.119 e. The second-order valence-corrected chi connectivity index (χ2v) is 6.72. The summed E-state index contributed by atoms with van der Waals surface area (Å²) in [5, 5.41) is 9.67. The van der Waals surface area contributed by atoms with Crippen molar-refractivity contribution in [3.63, 3.8) is 0 Å². The Labute approximate surface area is 143 Å². The van der Waals surface area contributed by atoms with Gasteiger partial charge in [-0.25, -0.2) is 0 Å². The number of benzene rings is 1. The first-order valence-corrected chi connectivity index (χ1v) is 9.70. The molecule has 0 atom stereocenters. The lowest BCUT2D eigenvalue weighted by Gasteiger charge is -2.03. The number of phenols is 1. The van der Waals surface area contributed by atoms with Crippen LogP contribution in [0, 0.1) is 6.92 Å². The van der Waals surface area contributed by atoms with Crippen molar-refractivity contribution in [3.8, 4) is 5.75 Å². The molecule has 130 valence electrons. The number of hydrogen-bond donors (Lipinski definition) is 1. The van der Waals surface area contributed by atoms with E-state index in [-0.39, 0.29) is 0 Å². The van der Waals surface area contributed by atoms with E-state index in [9.17, 15) is 5.11 Å². The normalized spacial score (nSPS) is 11.4. The molecule has 0 heterocycles. The number of allylic oxidation sites excluding steroid dienone is 1. The second kappa shape index (κ2) is 13.2. The molecule has 0 bridgehead atoms. The Morgan fingerprint density at radius 2 is 1.39 bits per heavy atom. The van der Waals surface area contributed by atoms with Gasteiger partial charge in [-0.1, -0.05) is 95.4 Å². The summed E-state index contributed by atoms with van der Waals surface area (Å²) in [5.74, 6) is 0.391. The minimum absolute atomic E-state index is 0.391. The van der Waals surface area contributed by atoms with Crippen molar-refractivity contribution in [3.05, 3.63) is 35.4 Å². The van der Waals surface area contributed by atoms with Gasteiger partial charge in [-0.05, 0) is 37.0 Å². The fourth-order valence-corrected chi connectivity index (χ4v) is 2.96. The minimum Gasteiger partial charge on any atom is -0.508 e. The first kappa shape index (κ1) is 19.8. The summed E-state index contributed by atoms with van der Waals surface area (Å²) in [7, 11) is 0. The van der Waals surface area contributed by atoms with Crippen molar-refractivity contribution >= 4 is 6.08 Å². The zero-order valence-electron chi connectivity index (χ0n) is 15.3. The summed E-state index contributed by atoms with van der Waals surface area (Å²) in [6.45, 7) is 4.25. The standard InChI is InChI=1S/C22H36O/c1-3-4-5-6-7-8-9-10-11-12-13-14-15-17-21-18-16-19-22(23)20(21)2/h15-19,23H,3-14H2,1-2H3. The fourth-order valence-electron chi connectivity index (χ4n) is 2.96. The van der Waals surface area contributed by atoms with Crippen LogP contribution in [0.2, 0.25) is 0 Å². The number of aromatic hydroxyl groups is 1. The lowest BCUT2D eigenvalue weighted by Crippen LogP contribution is -1.82. The summed E-state index contributed by atoms with van der Waals surface area (Å²) in [6.07, 6.45) is 20.9. The van der Waals surface area contributed by atoms with E-state index < -0.39 is 0 Å². The fraction of sp³-hybridized carbons (Fsp3) is 0.636. The van der Waals surface area contributed by atoms with Crippen LogP contribution >= 0.6 is 0 Å². The van der Waals surface area contributed by atoms with Crippen LogP contribution < -0.4 is 0 Å². The summed E-state index contributed by atoms with van der Waals surface area (Å²) in [5.41, 5.74) is 2.11. The predicted molar refractivity (Wildman–Crippen MR) is 103 cm³/mol. The van der Waals surface area contributed by atoms with Crippen molar-refractivity contribution < 1.29 is 5.11 Å². The molecule has 0 aliphatic heterocycles. The number of hydrogen-bond acceptors (Lipinski definition) is 1. The van der Waals surface area contributed by atoms with Gasteiger partial charge >= 0.3 is 0 Å². The molecular weight excluding hydrogens is 280 g/mol. The van der Waals surface area contributed by atoms with Crippen molar-refractivity contribution in [2.45, 2.75) is 90.9 Å². The van der Waals surface area contributed by atoms with Gasteiger partial charge in [0.15, 0.2) is 0 Å². The lowest BCUT2D eigenvalue weighted by atomic mass is 10.0. The zero-order chi connectivity index (χ0) is 16.8. The van der Waals surface area contributed by atoms with Crippen LogP contribution in [0.3, 0.4) is 0 Å². The van der Waals surface area contributed by atoms with Crippen LogP contribution in [0.15, 0.2) is 24.3 Å². The molecule has 0 amide bonds. The van der Waals surface area contributed by atoms with E-state index in [1.54, 1.807) is 6.07 Å². The highest BCUT2D eigenvalue weighted by molar-refractivity contribution is 5.57. The van der Waals surface area contributed by atoms with E-state index >= 15 is 0 Å². The Balaban J connectivity index is 1.95. The third-order valence-corrected chi connectivity index (χ3v) is 4.62. The van der Waals surface area contributed by atoms with Crippen LogP contribution in [0.5, 0.6) is 5.75 Å². The van der Waals surface area contributed by atoms with Crippen LogP contribution in [0.1, 0.15) is 95.1 Å². The maximum atomic E-state index is 9.67. The SMILES string of the molecule is CCCCCCCCCCCCCC=Cc1cccc(O)c1C. The van der Waals surface area contributed by atoms with Gasteiger partial charge in [-0.15, -0.1) is 0 Å². The second-order valence-electron chi connectivity index (χ2n) is 6.72. The van der Waals surface area contributed by atoms with Crippen molar-refractivity contribution in [2.75, 3.05) is 0 Å². The average Bonchev–Trinajstić information content (AvgIpc) is 2.55.